The molecule has 1 aliphatic heterocycles. The number of aromatic nitrogens is 4. The topological polar surface area (TPSA) is 111 Å². The number of nitrogens with zero attached hydrogens (tertiary/aromatic N) is 7. The first kappa shape index (κ1) is 18.3. The molecule has 1 aromatic carbocycles. The summed E-state index contributed by atoms with van der Waals surface area (Å²) in [5, 5.41) is 20.2. The fraction of sp³-hybridized carbons (Fsp3) is 0.200. The van der Waals surface area contributed by atoms with E-state index in [0.29, 0.717) is 49.2 Å². The van der Waals surface area contributed by atoms with Gasteiger partial charge in [-0.3, -0.25) is 4.79 Å². The molecule has 9 nitrogen and oxygen atoms in total. The maximum atomic E-state index is 12.7. The van der Waals surface area contributed by atoms with E-state index >= 15 is 0 Å². The highest BCUT2D eigenvalue weighted by Gasteiger charge is 2.24. The predicted molar refractivity (Wildman–Crippen MR) is 107 cm³/mol. The third kappa shape index (κ3) is 4.27. The molecule has 29 heavy (non-hydrogen) atoms. The number of nitriles is 1. The molecule has 4 rings (SSSR count). The highest BCUT2D eigenvalue weighted by molar-refractivity contribution is 5.92. The summed E-state index contributed by atoms with van der Waals surface area (Å²) in [6.07, 6.45) is 3.42. The zero-order valence-electron chi connectivity index (χ0n) is 15.6. The van der Waals surface area contributed by atoms with Crippen molar-refractivity contribution < 1.29 is 4.79 Å². The third-order valence-electron chi connectivity index (χ3n) is 4.55. The molecule has 9 heteroatoms. The maximum absolute atomic E-state index is 12.7. The van der Waals surface area contributed by atoms with Gasteiger partial charge in [0.25, 0.3) is 5.91 Å². The largest absolute Gasteiger partial charge is 0.339 e. The smallest absolute Gasteiger partial charge is 0.274 e. The van der Waals surface area contributed by atoms with E-state index < -0.39 is 0 Å². The molecular formula is C20H18N8O. The first-order valence-corrected chi connectivity index (χ1v) is 9.15. The van der Waals surface area contributed by atoms with Crippen LogP contribution in [-0.4, -0.2) is 57.2 Å². The van der Waals surface area contributed by atoms with Crippen LogP contribution in [0, 0.1) is 11.3 Å². The number of amides is 1. The Morgan fingerprint density at radius 2 is 1.79 bits per heavy atom. The van der Waals surface area contributed by atoms with Crippen LogP contribution >= 0.6 is 0 Å². The standard InChI is InChI=1S/C20H18N8O/c21-14-15-3-1-4-16(13-15)24-18-6-5-17(25-26-18)19(29)27-9-11-28(12-10-27)20-22-7-2-8-23-20/h1-8,13H,9-12H2,(H,24,26). The van der Waals surface area contributed by atoms with Crippen LogP contribution in [0.1, 0.15) is 16.1 Å². The Hall–Kier alpha value is -4.06. The lowest BCUT2D eigenvalue weighted by Crippen LogP contribution is -2.49. The van der Waals surface area contributed by atoms with E-state index in [2.05, 4.69) is 36.5 Å². The molecule has 0 unspecified atom stereocenters. The summed E-state index contributed by atoms with van der Waals surface area (Å²) in [6.45, 7) is 2.47. The van der Waals surface area contributed by atoms with Crippen molar-refractivity contribution in [1.82, 2.24) is 25.1 Å². The number of rotatable bonds is 4. The monoisotopic (exact) mass is 386 g/mol. The summed E-state index contributed by atoms with van der Waals surface area (Å²) in [5.74, 6) is 1.03. The van der Waals surface area contributed by atoms with Gasteiger partial charge in [0.2, 0.25) is 5.95 Å². The number of hydrogen-bond acceptors (Lipinski definition) is 8. The van der Waals surface area contributed by atoms with Crippen LogP contribution in [0.2, 0.25) is 0 Å². The van der Waals surface area contributed by atoms with Gasteiger partial charge in [0.05, 0.1) is 11.6 Å². The molecule has 1 aliphatic rings. The molecule has 0 radical (unpaired) electrons. The van der Waals surface area contributed by atoms with E-state index in [4.69, 9.17) is 5.26 Å². The Kier molecular flexibility index (Phi) is 5.25. The molecule has 3 heterocycles. The Morgan fingerprint density at radius 1 is 1.00 bits per heavy atom. The quantitative estimate of drug-likeness (QED) is 0.723. The van der Waals surface area contributed by atoms with Gasteiger partial charge < -0.3 is 15.1 Å². The summed E-state index contributed by atoms with van der Waals surface area (Å²) in [7, 11) is 0. The molecule has 0 saturated carbocycles. The van der Waals surface area contributed by atoms with Crippen LogP contribution in [0.4, 0.5) is 17.5 Å². The van der Waals surface area contributed by atoms with Crippen molar-refractivity contribution in [3.05, 3.63) is 66.1 Å². The molecule has 0 bridgehead atoms. The van der Waals surface area contributed by atoms with Gasteiger partial charge in [-0.2, -0.15) is 5.26 Å². The van der Waals surface area contributed by atoms with Crippen LogP contribution in [0.3, 0.4) is 0 Å². The number of piperazine rings is 1. The van der Waals surface area contributed by atoms with Gasteiger partial charge >= 0.3 is 0 Å². The number of nitrogens with one attached hydrogen (secondary N) is 1. The van der Waals surface area contributed by atoms with Gasteiger partial charge in [-0.15, -0.1) is 10.2 Å². The molecule has 1 N–H and O–H groups in total. The molecule has 3 aromatic rings. The van der Waals surface area contributed by atoms with E-state index in [1.807, 2.05) is 6.07 Å². The Balaban J connectivity index is 1.36. The van der Waals surface area contributed by atoms with Gasteiger partial charge in [0, 0.05) is 44.3 Å². The molecule has 1 fully saturated rings. The summed E-state index contributed by atoms with van der Waals surface area (Å²) in [5.41, 5.74) is 1.58. The molecule has 144 valence electrons. The molecule has 2 aromatic heterocycles. The van der Waals surface area contributed by atoms with Crippen molar-refractivity contribution in [3.63, 3.8) is 0 Å². The Labute approximate surface area is 167 Å². The number of anilines is 3. The number of carbonyl (C=O) groups is 1. The second-order valence-electron chi connectivity index (χ2n) is 6.45. The lowest BCUT2D eigenvalue weighted by atomic mass is 10.2. The number of hydrogen-bond donors (Lipinski definition) is 1. The van der Waals surface area contributed by atoms with Crippen molar-refractivity contribution in [2.45, 2.75) is 0 Å². The second-order valence-corrected chi connectivity index (χ2v) is 6.45. The average molecular weight is 386 g/mol. The van der Waals surface area contributed by atoms with Gasteiger partial charge in [0.15, 0.2) is 11.5 Å². The predicted octanol–water partition coefficient (Wildman–Crippen LogP) is 1.84. The van der Waals surface area contributed by atoms with Crippen LogP contribution in [0.5, 0.6) is 0 Å². The zero-order chi connectivity index (χ0) is 20.1. The van der Waals surface area contributed by atoms with Crippen molar-refractivity contribution in [3.8, 4) is 6.07 Å². The lowest BCUT2D eigenvalue weighted by Gasteiger charge is -2.34. The van der Waals surface area contributed by atoms with Gasteiger partial charge in [-0.1, -0.05) is 6.07 Å². The van der Waals surface area contributed by atoms with E-state index in [1.165, 1.54) is 0 Å². The lowest BCUT2D eigenvalue weighted by molar-refractivity contribution is 0.0739. The molecule has 1 amide bonds. The summed E-state index contributed by atoms with van der Waals surface area (Å²) in [4.78, 5) is 25.0. The Morgan fingerprint density at radius 3 is 2.48 bits per heavy atom. The Bertz CT molecular complexity index is 1020. The SMILES string of the molecule is N#Cc1cccc(Nc2ccc(C(=O)N3CCN(c4ncccn4)CC3)nn2)c1. The van der Waals surface area contributed by atoms with Crippen molar-refractivity contribution in [1.29, 1.82) is 5.26 Å². The fourth-order valence-electron chi connectivity index (χ4n) is 3.05. The number of carbonyl (C=O) groups excluding carboxylic acids is 1. The second kappa shape index (κ2) is 8.31. The van der Waals surface area contributed by atoms with E-state index in [0.717, 1.165) is 5.69 Å². The van der Waals surface area contributed by atoms with Crippen molar-refractivity contribution in [2.75, 3.05) is 36.4 Å². The van der Waals surface area contributed by atoms with Gasteiger partial charge in [-0.05, 0) is 36.4 Å². The minimum atomic E-state index is -0.149. The number of benzene rings is 1. The first-order chi connectivity index (χ1) is 14.2. The zero-order valence-corrected chi connectivity index (χ0v) is 15.6. The highest BCUT2D eigenvalue weighted by atomic mass is 16.2. The maximum Gasteiger partial charge on any atom is 0.274 e. The van der Waals surface area contributed by atoms with Crippen molar-refractivity contribution >= 4 is 23.4 Å². The van der Waals surface area contributed by atoms with Gasteiger partial charge in [0.1, 0.15) is 0 Å². The minimum Gasteiger partial charge on any atom is -0.339 e. The van der Waals surface area contributed by atoms with Crippen LogP contribution in [0.15, 0.2) is 54.9 Å². The molecular weight excluding hydrogens is 368 g/mol. The molecule has 1 saturated heterocycles. The highest BCUT2D eigenvalue weighted by Crippen LogP contribution is 2.16. The van der Waals surface area contributed by atoms with E-state index in [9.17, 15) is 4.79 Å². The first-order valence-electron chi connectivity index (χ1n) is 9.15. The normalized spacial score (nSPS) is 13.6. The fourth-order valence-corrected chi connectivity index (χ4v) is 3.05. The minimum absolute atomic E-state index is 0.149. The van der Waals surface area contributed by atoms with E-state index in [-0.39, 0.29) is 5.91 Å². The molecule has 0 aliphatic carbocycles. The third-order valence-corrected chi connectivity index (χ3v) is 4.55. The van der Waals surface area contributed by atoms with E-state index in [1.54, 1.807) is 53.7 Å². The van der Waals surface area contributed by atoms with Crippen LogP contribution in [-0.2, 0) is 0 Å². The van der Waals surface area contributed by atoms with Crippen LogP contribution < -0.4 is 10.2 Å². The average Bonchev–Trinajstić information content (AvgIpc) is 2.80. The summed E-state index contributed by atoms with van der Waals surface area (Å²) >= 11 is 0. The molecule has 0 atom stereocenters. The van der Waals surface area contributed by atoms with Crippen LogP contribution in [0.25, 0.3) is 0 Å². The molecule has 0 spiro atoms. The van der Waals surface area contributed by atoms with Gasteiger partial charge in [-0.25, -0.2) is 9.97 Å². The summed E-state index contributed by atoms with van der Waals surface area (Å²) < 4.78 is 0. The summed E-state index contributed by atoms with van der Waals surface area (Å²) in [6, 6.07) is 14.3. The van der Waals surface area contributed by atoms with Crippen molar-refractivity contribution in [2.24, 2.45) is 0 Å².